The van der Waals surface area contributed by atoms with Crippen molar-refractivity contribution in [3.8, 4) is 0 Å². The summed E-state index contributed by atoms with van der Waals surface area (Å²) in [6, 6.07) is 5.10. The summed E-state index contributed by atoms with van der Waals surface area (Å²) in [4.78, 5) is 16.3. The van der Waals surface area contributed by atoms with E-state index in [0.29, 0.717) is 17.5 Å². The second-order valence-electron chi connectivity index (χ2n) is 6.99. The fraction of sp³-hybridized carbons (Fsp3) is 0.368. The van der Waals surface area contributed by atoms with Gasteiger partial charge in [-0.25, -0.2) is 18.1 Å². The van der Waals surface area contributed by atoms with Crippen molar-refractivity contribution < 1.29 is 26.4 Å². The fourth-order valence-electron chi connectivity index (χ4n) is 2.60. The number of rotatable bonds is 8. The average molecular weight is 494 g/mol. The van der Waals surface area contributed by atoms with Gasteiger partial charge in [0.15, 0.2) is 0 Å². The average Bonchev–Trinajstić information content (AvgIpc) is 3.48. The summed E-state index contributed by atoms with van der Waals surface area (Å²) < 4.78 is 65.3. The SMILES string of the molecule is Cc1ccc(S(=O)(=O)NC2CC2)cc1C(=O)NCCSc1ncc(C(F)(F)F)cc1Cl. The molecule has 0 saturated heterocycles. The van der Waals surface area contributed by atoms with Crippen LogP contribution in [0.3, 0.4) is 0 Å². The Labute approximate surface area is 187 Å². The number of pyridine rings is 1. The van der Waals surface area contributed by atoms with Crippen molar-refractivity contribution >= 4 is 39.3 Å². The van der Waals surface area contributed by atoms with E-state index in [9.17, 15) is 26.4 Å². The van der Waals surface area contributed by atoms with Gasteiger partial charge in [-0.2, -0.15) is 13.2 Å². The van der Waals surface area contributed by atoms with Crippen molar-refractivity contribution in [2.75, 3.05) is 12.3 Å². The van der Waals surface area contributed by atoms with E-state index in [4.69, 9.17) is 11.6 Å². The van der Waals surface area contributed by atoms with Crippen LogP contribution in [0.15, 0.2) is 40.4 Å². The van der Waals surface area contributed by atoms with E-state index in [0.717, 1.165) is 30.7 Å². The van der Waals surface area contributed by atoms with Gasteiger partial charge in [0.25, 0.3) is 5.91 Å². The molecule has 2 N–H and O–H groups in total. The van der Waals surface area contributed by atoms with Crippen molar-refractivity contribution in [2.24, 2.45) is 0 Å². The predicted octanol–water partition coefficient (Wildman–Crippen LogP) is 4.03. The lowest BCUT2D eigenvalue weighted by molar-refractivity contribution is -0.137. The Morgan fingerprint density at radius 1 is 1.29 bits per heavy atom. The number of aromatic nitrogens is 1. The predicted molar refractivity (Wildman–Crippen MR) is 112 cm³/mol. The van der Waals surface area contributed by atoms with Gasteiger partial charge in [0.2, 0.25) is 10.0 Å². The summed E-state index contributed by atoms with van der Waals surface area (Å²) in [5, 5.41) is 2.77. The second-order valence-corrected chi connectivity index (χ2v) is 10.2. The lowest BCUT2D eigenvalue weighted by Gasteiger charge is -2.11. The highest BCUT2D eigenvalue weighted by atomic mass is 35.5. The van der Waals surface area contributed by atoms with Crippen LogP contribution in [0, 0.1) is 6.92 Å². The Hall–Kier alpha value is -1.82. The summed E-state index contributed by atoms with van der Waals surface area (Å²) in [6.07, 6.45) is -2.22. The molecule has 1 aliphatic carbocycles. The molecule has 0 spiro atoms. The van der Waals surface area contributed by atoms with Crippen LogP contribution in [0.5, 0.6) is 0 Å². The third kappa shape index (κ3) is 6.34. The van der Waals surface area contributed by atoms with Crippen LogP contribution in [0.1, 0.15) is 34.3 Å². The number of sulfonamides is 1. The van der Waals surface area contributed by atoms with Crippen molar-refractivity contribution in [3.05, 3.63) is 52.2 Å². The van der Waals surface area contributed by atoms with Crippen molar-refractivity contribution in [1.29, 1.82) is 0 Å². The molecule has 0 bridgehead atoms. The largest absolute Gasteiger partial charge is 0.417 e. The monoisotopic (exact) mass is 493 g/mol. The van der Waals surface area contributed by atoms with Gasteiger partial charge in [-0.3, -0.25) is 4.79 Å². The Morgan fingerprint density at radius 3 is 2.61 bits per heavy atom. The smallest absolute Gasteiger partial charge is 0.351 e. The van der Waals surface area contributed by atoms with Gasteiger partial charge in [0.05, 0.1) is 15.5 Å². The summed E-state index contributed by atoms with van der Waals surface area (Å²) >= 11 is 6.96. The molecule has 1 aromatic carbocycles. The molecule has 3 rings (SSSR count). The third-order valence-electron chi connectivity index (χ3n) is 4.42. The zero-order valence-corrected chi connectivity index (χ0v) is 18.7. The zero-order valence-electron chi connectivity index (χ0n) is 16.3. The minimum Gasteiger partial charge on any atom is -0.351 e. The highest BCUT2D eigenvalue weighted by molar-refractivity contribution is 7.99. The Bertz CT molecular complexity index is 1090. The van der Waals surface area contributed by atoms with E-state index >= 15 is 0 Å². The highest BCUT2D eigenvalue weighted by Gasteiger charge is 2.31. The highest BCUT2D eigenvalue weighted by Crippen LogP contribution is 2.33. The molecule has 0 atom stereocenters. The molecule has 0 aliphatic heterocycles. The minimum atomic E-state index is -4.53. The topological polar surface area (TPSA) is 88.2 Å². The van der Waals surface area contributed by atoms with Crippen molar-refractivity contribution in [2.45, 2.75) is 41.9 Å². The van der Waals surface area contributed by atoms with Crippen molar-refractivity contribution in [1.82, 2.24) is 15.0 Å². The number of halogens is 4. The first-order valence-corrected chi connectivity index (χ1v) is 12.1. The van der Waals surface area contributed by atoms with Crippen LogP contribution in [-0.4, -0.2) is 37.6 Å². The second kappa shape index (κ2) is 9.35. The quantitative estimate of drug-likeness (QED) is 0.428. The number of nitrogens with zero attached hydrogens (tertiary/aromatic N) is 1. The number of nitrogens with one attached hydrogen (secondary N) is 2. The van der Waals surface area contributed by atoms with E-state index in [1.165, 1.54) is 12.1 Å². The molecule has 1 aliphatic rings. The Kier molecular flexibility index (Phi) is 7.19. The molecule has 1 heterocycles. The number of hydrogen-bond donors (Lipinski definition) is 2. The van der Waals surface area contributed by atoms with E-state index in [1.54, 1.807) is 13.0 Å². The summed E-state index contributed by atoms with van der Waals surface area (Å²) in [6.45, 7) is 1.87. The molecule has 0 radical (unpaired) electrons. The number of thioether (sulfide) groups is 1. The van der Waals surface area contributed by atoms with E-state index in [1.807, 2.05) is 0 Å². The van der Waals surface area contributed by atoms with Crippen LogP contribution < -0.4 is 10.0 Å². The minimum absolute atomic E-state index is 0.0188. The van der Waals surface area contributed by atoms with Crippen LogP contribution in [0.25, 0.3) is 0 Å². The van der Waals surface area contributed by atoms with Gasteiger partial charge in [0, 0.05) is 30.1 Å². The molecule has 0 unspecified atom stereocenters. The van der Waals surface area contributed by atoms with Crippen LogP contribution in [-0.2, 0) is 16.2 Å². The number of aryl methyl sites for hydroxylation is 1. The maximum atomic E-state index is 12.7. The molecule has 1 fully saturated rings. The number of alkyl halides is 3. The molecule has 12 heteroatoms. The standard InChI is InChI=1S/C19H19ClF3N3O3S2/c1-11-2-5-14(31(28,29)26-13-3-4-13)9-15(11)17(27)24-6-7-30-18-16(20)8-12(10-25-18)19(21,22)23/h2,5,8-10,13,26H,3-4,6-7H2,1H3,(H,24,27). The lowest BCUT2D eigenvalue weighted by Crippen LogP contribution is -2.28. The number of carbonyl (C=O) groups excluding carboxylic acids is 1. The van der Waals surface area contributed by atoms with Gasteiger partial charge in [0.1, 0.15) is 5.03 Å². The Balaban J connectivity index is 1.58. The molecule has 168 valence electrons. The van der Waals surface area contributed by atoms with E-state index < -0.39 is 27.7 Å². The molecule has 1 aromatic heterocycles. The molecular weight excluding hydrogens is 475 g/mol. The molecule has 1 amide bonds. The number of hydrogen-bond acceptors (Lipinski definition) is 5. The maximum Gasteiger partial charge on any atom is 0.417 e. The third-order valence-corrected chi connectivity index (χ3v) is 7.35. The van der Waals surface area contributed by atoms with Crippen LogP contribution in [0.4, 0.5) is 13.2 Å². The summed E-state index contributed by atoms with van der Waals surface area (Å²) in [5.41, 5.74) is -0.0889. The molecular formula is C19H19ClF3N3O3S2. The van der Waals surface area contributed by atoms with Gasteiger partial charge in [-0.15, -0.1) is 11.8 Å². The molecule has 6 nitrogen and oxygen atoms in total. The normalized spacial score (nSPS) is 14.5. The maximum absolute atomic E-state index is 12.7. The zero-order chi connectivity index (χ0) is 22.8. The molecule has 31 heavy (non-hydrogen) atoms. The first-order valence-electron chi connectivity index (χ1n) is 9.24. The molecule has 2 aromatic rings. The van der Waals surface area contributed by atoms with Crippen molar-refractivity contribution in [3.63, 3.8) is 0 Å². The van der Waals surface area contributed by atoms with E-state index in [-0.39, 0.29) is 33.1 Å². The van der Waals surface area contributed by atoms with E-state index in [2.05, 4.69) is 15.0 Å². The van der Waals surface area contributed by atoms with Crippen LogP contribution >= 0.6 is 23.4 Å². The summed E-state index contributed by atoms with van der Waals surface area (Å²) in [7, 11) is -3.69. The number of carbonyl (C=O) groups is 1. The fourth-order valence-corrected chi connectivity index (χ4v) is 4.98. The molecule has 1 saturated carbocycles. The number of amides is 1. The summed E-state index contributed by atoms with van der Waals surface area (Å²) in [5.74, 6) is -0.141. The first-order chi connectivity index (χ1) is 14.5. The van der Waals surface area contributed by atoms with Gasteiger partial charge in [-0.1, -0.05) is 17.7 Å². The first kappa shape index (κ1) is 23.8. The van der Waals surface area contributed by atoms with Gasteiger partial charge >= 0.3 is 6.18 Å². The van der Waals surface area contributed by atoms with Gasteiger partial charge < -0.3 is 5.32 Å². The van der Waals surface area contributed by atoms with Gasteiger partial charge in [-0.05, 0) is 43.5 Å². The number of benzene rings is 1. The van der Waals surface area contributed by atoms with Crippen LogP contribution in [0.2, 0.25) is 5.02 Å². The lowest BCUT2D eigenvalue weighted by atomic mass is 10.1. The Morgan fingerprint density at radius 2 is 2.00 bits per heavy atom.